The lowest BCUT2D eigenvalue weighted by Gasteiger charge is -2.72. The van der Waals surface area contributed by atoms with Gasteiger partial charge in [0.15, 0.2) is 11.5 Å². The predicted octanol–water partition coefficient (Wildman–Crippen LogP) is 8.57. The summed E-state index contributed by atoms with van der Waals surface area (Å²) >= 11 is 0. The van der Waals surface area contributed by atoms with Crippen molar-refractivity contribution in [3.63, 3.8) is 0 Å². The molecule has 6 aliphatic carbocycles. The first kappa shape index (κ1) is 53.5. The fraction of sp³-hybridized carbons (Fsp3) is 0.788. The van der Waals surface area contributed by atoms with Gasteiger partial charge in [-0.05, 0) is 128 Å². The summed E-state index contributed by atoms with van der Waals surface area (Å²) in [7, 11) is 1.47. The monoisotopic (exact) mass is 989 g/mol. The molecule has 70 heavy (non-hydrogen) atoms. The van der Waals surface area contributed by atoms with Gasteiger partial charge in [-0.3, -0.25) is 24.0 Å². The third-order valence-electron chi connectivity index (χ3n) is 19.1. The van der Waals surface area contributed by atoms with Crippen molar-refractivity contribution in [2.24, 2.45) is 62.6 Å². The van der Waals surface area contributed by atoms with E-state index in [-0.39, 0.29) is 101 Å². The second-order valence-corrected chi connectivity index (χ2v) is 24.1. The largest absolute Gasteiger partial charge is 0.481 e. The molecule has 0 bridgehead atoms. The Morgan fingerprint density at radius 2 is 1.53 bits per heavy atom. The highest BCUT2D eigenvalue weighted by Gasteiger charge is 2.71. The number of aromatic nitrogens is 2. The first-order valence-electron chi connectivity index (χ1n) is 25.1. The van der Waals surface area contributed by atoms with Crippen LogP contribution in [0.15, 0.2) is 17.2 Å². The topological polar surface area (TPSA) is 201 Å². The molecule has 1 aromatic rings. The minimum absolute atomic E-state index is 0.0380. The molecule has 0 unspecified atom stereocenters. The molecule has 3 N–H and O–H groups in total. The molecule has 0 radical (unpaired) electrons. The maximum absolute atomic E-state index is 14.6. The van der Waals surface area contributed by atoms with Crippen molar-refractivity contribution in [3.8, 4) is 0 Å². The molecule has 7 rings (SSSR count). The average Bonchev–Trinajstić information content (AvgIpc) is 3.83. The molecular formula is C52H75F3N4O11. The van der Waals surface area contributed by atoms with Gasteiger partial charge < -0.3 is 34.7 Å². The zero-order valence-corrected chi connectivity index (χ0v) is 43.1. The van der Waals surface area contributed by atoms with Crippen molar-refractivity contribution < 1.29 is 66.0 Å². The fourth-order valence-electron chi connectivity index (χ4n) is 15.0. The molecule has 5 saturated carbocycles. The number of halogens is 3. The molecule has 5 fully saturated rings. The minimum Gasteiger partial charge on any atom is -0.481 e. The summed E-state index contributed by atoms with van der Waals surface area (Å²) < 4.78 is 63.5. The van der Waals surface area contributed by atoms with E-state index in [0.29, 0.717) is 31.2 Å². The van der Waals surface area contributed by atoms with Crippen LogP contribution in [0, 0.1) is 62.6 Å². The second kappa shape index (κ2) is 18.3. The van der Waals surface area contributed by atoms with Crippen LogP contribution in [0.25, 0.3) is 0 Å². The number of fused-ring (bicyclic) bond motifs is 7. The zero-order chi connectivity index (χ0) is 51.9. The molecule has 1 aromatic heterocycles. The van der Waals surface area contributed by atoms with Crippen molar-refractivity contribution in [1.82, 2.24) is 20.4 Å². The minimum atomic E-state index is -5.01. The van der Waals surface area contributed by atoms with Gasteiger partial charge in [-0.1, -0.05) is 62.3 Å². The highest BCUT2D eigenvalue weighted by molar-refractivity contribution is 6.04. The molecule has 1 heterocycles. The Labute approximate surface area is 409 Å². The summed E-state index contributed by atoms with van der Waals surface area (Å²) in [6.45, 7) is 22.2. The average molecular weight is 989 g/mol. The Kier molecular flexibility index (Phi) is 14.0. The normalized spacial score (nSPS) is 34.3. The Balaban J connectivity index is 1.10. The predicted molar refractivity (Wildman–Crippen MR) is 249 cm³/mol. The van der Waals surface area contributed by atoms with E-state index in [0.717, 1.165) is 43.3 Å². The molecule has 0 spiro atoms. The van der Waals surface area contributed by atoms with Crippen LogP contribution in [-0.4, -0.2) is 101 Å². The molecule has 0 saturated heterocycles. The number of ether oxygens (including phenoxy) is 4. The molecule has 0 aromatic carbocycles. The maximum Gasteiger partial charge on any atom is 0.435 e. The number of nitrogens with zero attached hydrogens (tertiary/aromatic N) is 2. The first-order valence-corrected chi connectivity index (χ1v) is 25.1. The van der Waals surface area contributed by atoms with Crippen LogP contribution >= 0.6 is 0 Å². The number of carbonyl (C=O) groups excluding carboxylic acids is 5. The van der Waals surface area contributed by atoms with Crippen molar-refractivity contribution in [3.05, 3.63) is 28.6 Å². The SMILES string of the molecule is COCCOCCOC(=O)n1nc(C(F)(F)F)cc1C(=O)NC(C)(C)C(=O)N[C@@]12CC[C@]3(C)[C@H](CC[C@@H]4[C@@]5(C)CC[C@H](OC(=O)[C@H]6C[C@@H](C(=O)O)C6(C)C)C(C)(C)[C@@H]5CC[C@]43C)C1=C(C(C)C)C(=O)C2. The first-order chi connectivity index (χ1) is 32.3. The van der Waals surface area contributed by atoms with Gasteiger partial charge in [0, 0.05) is 25.0 Å². The Bertz CT molecular complexity index is 2320. The number of nitrogens with one attached hydrogen (secondary N) is 2. The van der Waals surface area contributed by atoms with E-state index in [9.17, 15) is 47.0 Å². The second-order valence-electron chi connectivity index (χ2n) is 24.1. The zero-order valence-electron chi connectivity index (χ0n) is 43.1. The summed E-state index contributed by atoms with van der Waals surface area (Å²) in [6.07, 6.45) is -0.0819. The number of allylic oxidation sites excluding steroid dienone is 1. The fourth-order valence-corrected chi connectivity index (χ4v) is 15.0. The number of carbonyl (C=O) groups is 6. The highest BCUT2D eigenvalue weighted by Crippen LogP contribution is 2.76. The number of methoxy groups -OCH3 is 1. The van der Waals surface area contributed by atoms with Crippen LogP contribution in [0.3, 0.4) is 0 Å². The van der Waals surface area contributed by atoms with Gasteiger partial charge in [0.05, 0.1) is 37.2 Å². The lowest BCUT2D eigenvalue weighted by atomic mass is 9.33. The van der Waals surface area contributed by atoms with E-state index < -0.39 is 69.8 Å². The van der Waals surface area contributed by atoms with Crippen LogP contribution in [0.5, 0.6) is 0 Å². The number of carboxylic acid groups (broad SMARTS) is 1. The molecule has 2 amide bonds. The van der Waals surface area contributed by atoms with Crippen LogP contribution < -0.4 is 10.6 Å². The summed E-state index contributed by atoms with van der Waals surface area (Å²) in [5, 5.41) is 18.8. The summed E-state index contributed by atoms with van der Waals surface area (Å²) in [6, 6.07) is 0.424. The van der Waals surface area contributed by atoms with E-state index in [1.54, 1.807) is 0 Å². The number of hydrogen-bond donors (Lipinski definition) is 3. The number of esters is 1. The number of rotatable bonds is 14. The maximum atomic E-state index is 14.6. The molecule has 15 nitrogen and oxygen atoms in total. The number of amides is 2. The molecule has 0 aliphatic heterocycles. The van der Waals surface area contributed by atoms with E-state index in [2.05, 4.69) is 50.4 Å². The number of Topliss-reactive ketones (excluding diaryl/α,β-unsaturated/α-hetero) is 1. The Hall–Kier alpha value is -4.32. The molecule has 10 atom stereocenters. The number of ketones is 1. The van der Waals surface area contributed by atoms with Crippen molar-refractivity contribution in [2.75, 3.05) is 33.5 Å². The van der Waals surface area contributed by atoms with Gasteiger partial charge in [-0.2, -0.15) is 23.0 Å². The molecule has 390 valence electrons. The van der Waals surface area contributed by atoms with Gasteiger partial charge in [-0.25, -0.2) is 4.79 Å². The van der Waals surface area contributed by atoms with Gasteiger partial charge in [0.1, 0.15) is 23.9 Å². The molecule has 6 aliphatic rings. The van der Waals surface area contributed by atoms with Crippen molar-refractivity contribution in [2.45, 2.75) is 164 Å². The molecular weight excluding hydrogens is 914 g/mol. The quantitative estimate of drug-likeness (QED) is 0.119. The third-order valence-corrected chi connectivity index (χ3v) is 19.1. The summed E-state index contributed by atoms with van der Waals surface area (Å²) in [5.41, 5.74) is -4.99. The smallest absolute Gasteiger partial charge is 0.435 e. The van der Waals surface area contributed by atoms with Crippen LogP contribution in [0.1, 0.15) is 157 Å². The van der Waals surface area contributed by atoms with Gasteiger partial charge in [-0.15, -0.1) is 0 Å². The van der Waals surface area contributed by atoms with Crippen LogP contribution in [0.2, 0.25) is 0 Å². The lowest BCUT2D eigenvalue weighted by molar-refractivity contribution is -0.235. The van der Waals surface area contributed by atoms with Gasteiger partial charge >= 0.3 is 24.2 Å². The van der Waals surface area contributed by atoms with E-state index in [1.807, 2.05) is 27.7 Å². The molecule has 18 heteroatoms. The van der Waals surface area contributed by atoms with E-state index in [1.165, 1.54) is 21.0 Å². The third kappa shape index (κ3) is 8.69. The van der Waals surface area contributed by atoms with Crippen molar-refractivity contribution >= 4 is 35.6 Å². The Morgan fingerprint density at radius 1 is 0.857 bits per heavy atom. The van der Waals surface area contributed by atoms with Crippen LogP contribution in [-0.2, 0) is 44.3 Å². The lowest BCUT2D eigenvalue weighted by Crippen LogP contribution is -2.68. The number of aliphatic carboxylic acids is 1. The summed E-state index contributed by atoms with van der Waals surface area (Å²) in [4.78, 5) is 81.3. The van der Waals surface area contributed by atoms with E-state index >= 15 is 0 Å². The van der Waals surface area contributed by atoms with E-state index in [4.69, 9.17) is 18.9 Å². The van der Waals surface area contributed by atoms with Crippen molar-refractivity contribution in [1.29, 1.82) is 0 Å². The van der Waals surface area contributed by atoms with Gasteiger partial charge in [0.25, 0.3) is 5.91 Å². The van der Waals surface area contributed by atoms with Gasteiger partial charge in [0.2, 0.25) is 5.91 Å². The Morgan fingerprint density at radius 3 is 2.14 bits per heavy atom. The standard InChI is InChI=1S/C52H75F3N4O11/c1-28(2)38-33(60)27-51(57-43(65)47(7,8)56-40(61)32-26-36(52(53,54)55)58-59(32)44(66)69-24-23-68-22-21-67-12)20-19-49(10)29(39(38)51)13-14-35-48(9)17-16-37(46(5,6)34(48)15-18-50(35,49)11)70-42(64)31-25-30(41(62)63)45(31,3)4/h26,28-31,34-35,37H,13-25,27H2,1-12H3,(H,56,61)(H,57,65)(H,62,63)/t29-,30+,31-,34+,35-,37+,48+,49-,50-,51-/m1/s1. The number of carboxylic acids is 1. The number of alkyl halides is 3. The van der Waals surface area contributed by atoms with Crippen LogP contribution in [0.4, 0.5) is 18.0 Å². The summed E-state index contributed by atoms with van der Waals surface area (Å²) in [5.74, 6) is -3.73. The highest BCUT2D eigenvalue weighted by atomic mass is 19.4. The number of hydrogen-bond acceptors (Lipinski definition) is 11.